The maximum absolute atomic E-state index is 5.81. The number of rotatable bonds is 3. The van der Waals surface area contributed by atoms with E-state index < -0.39 is 0 Å². The summed E-state index contributed by atoms with van der Waals surface area (Å²) >= 11 is 5.81. The second-order valence-corrected chi connectivity index (χ2v) is 3.96. The second-order valence-electron chi connectivity index (χ2n) is 3.50. The predicted octanol–water partition coefficient (Wildman–Crippen LogP) is 2.63. The molecule has 3 heteroatoms. The van der Waals surface area contributed by atoms with Crippen LogP contribution in [0.5, 0.6) is 0 Å². The Morgan fingerprint density at radius 2 is 2.06 bits per heavy atom. The zero-order valence-electron chi connectivity index (χ0n) is 8.81. The average Bonchev–Trinajstić information content (AvgIpc) is 2.30. The number of halogens is 1. The Hall–Kier alpha value is -1.67. The van der Waals surface area contributed by atoms with Crippen molar-refractivity contribution in [3.8, 4) is 0 Å². The van der Waals surface area contributed by atoms with Gasteiger partial charge in [-0.05, 0) is 0 Å². The molecular formula is C13H12ClN2+. The fourth-order valence-electron chi connectivity index (χ4n) is 1.47. The number of nitrogens with zero attached hydrogens (tertiary/aromatic N) is 2. The molecule has 80 valence electrons. The molecule has 0 amide bonds. The summed E-state index contributed by atoms with van der Waals surface area (Å²) in [7, 11) is 0. The molecule has 0 radical (unpaired) electrons. The van der Waals surface area contributed by atoms with Crippen LogP contribution in [0.3, 0.4) is 0 Å². The van der Waals surface area contributed by atoms with Gasteiger partial charge in [-0.15, -0.1) is 0 Å². The van der Waals surface area contributed by atoms with Crippen molar-refractivity contribution in [2.75, 3.05) is 0 Å². The normalized spacial score (nSPS) is 10.1. The SMILES string of the molecule is C=C(Cl)c1c[n+](Cc2ccccc2)ccn1. The summed E-state index contributed by atoms with van der Waals surface area (Å²) in [6.45, 7) is 4.47. The number of aromatic nitrogens is 2. The lowest BCUT2D eigenvalue weighted by molar-refractivity contribution is -0.689. The maximum Gasteiger partial charge on any atom is 0.196 e. The second kappa shape index (κ2) is 4.90. The molecule has 0 aliphatic rings. The first-order valence-electron chi connectivity index (χ1n) is 4.99. The Balaban J connectivity index is 2.22. The molecule has 0 saturated carbocycles. The fraction of sp³-hybridized carbons (Fsp3) is 0.0769. The molecule has 0 bridgehead atoms. The molecule has 0 aliphatic carbocycles. The molecule has 1 heterocycles. The van der Waals surface area contributed by atoms with Crippen LogP contribution in [-0.4, -0.2) is 4.98 Å². The monoisotopic (exact) mass is 231 g/mol. The van der Waals surface area contributed by atoms with Gasteiger partial charge in [0.25, 0.3) is 0 Å². The van der Waals surface area contributed by atoms with E-state index in [4.69, 9.17) is 11.6 Å². The third-order valence-electron chi connectivity index (χ3n) is 2.25. The number of hydrogen-bond donors (Lipinski definition) is 0. The zero-order valence-corrected chi connectivity index (χ0v) is 9.56. The van der Waals surface area contributed by atoms with Crippen molar-refractivity contribution in [2.45, 2.75) is 6.54 Å². The minimum atomic E-state index is 0.461. The summed E-state index contributed by atoms with van der Waals surface area (Å²) in [6, 6.07) is 10.2. The van der Waals surface area contributed by atoms with Gasteiger partial charge in [0.2, 0.25) is 0 Å². The molecular weight excluding hydrogens is 220 g/mol. The molecule has 2 nitrogen and oxygen atoms in total. The van der Waals surface area contributed by atoms with Crippen molar-refractivity contribution in [1.29, 1.82) is 0 Å². The summed E-state index contributed by atoms with van der Waals surface area (Å²) in [6.07, 6.45) is 5.53. The Morgan fingerprint density at radius 3 is 2.75 bits per heavy atom. The van der Waals surface area contributed by atoms with Crippen LogP contribution in [0, 0.1) is 0 Å². The van der Waals surface area contributed by atoms with Gasteiger partial charge in [-0.2, -0.15) is 4.57 Å². The van der Waals surface area contributed by atoms with E-state index in [0.717, 1.165) is 6.54 Å². The Kier molecular flexibility index (Phi) is 3.32. The molecule has 0 aliphatic heterocycles. The van der Waals surface area contributed by atoms with Crippen LogP contribution >= 0.6 is 11.6 Å². The summed E-state index contributed by atoms with van der Waals surface area (Å²) in [4.78, 5) is 4.13. The van der Waals surface area contributed by atoms with E-state index in [1.165, 1.54) is 5.56 Å². The minimum Gasteiger partial charge on any atom is -0.243 e. The van der Waals surface area contributed by atoms with E-state index >= 15 is 0 Å². The van der Waals surface area contributed by atoms with E-state index in [9.17, 15) is 0 Å². The van der Waals surface area contributed by atoms with E-state index in [0.29, 0.717) is 10.7 Å². The van der Waals surface area contributed by atoms with Crippen LogP contribution < -0.4 is 4.57 Å². The average molecular weight is 232 g/mol. The largest absolute Gasteiger partial charge is 0.243 e. The molecule has 0 unspecified atom stereocenters. The van der Waals surface area contributed by atoms with Gasteiger partial charge < -0.3 is 0 Å². The lowest BCUT2D eigenvalue weighted by Crippen LogP contribution is -2.34. The van der Waals surface area contributed by atoms with Gasteiger partial charge in [-0.3, -0.25) is 0 Å². The van der Waals surface area contributed by atoms with E-state index in [1.54, 1.807) is 6.20 Å². The number of hydrogen-bond acceptors (Lipinski definition) is 1. The molecule has 1 aromatic carbocycles. The first kappa shape index (κ1) is 10.8. The Bertz CT molecular complexity index is 494. The van der Waals surface area contributed by atoms with Gasteiger partial charge in [-0.1, -0.05) is 48.5 Å². The highest BCUT2D eigenvalue weighted by molar-refractivity contribution is 6.47. The molecule has 0 spiro atoms. The third kappa shape index (κ3) is 2.67. The van der Waals surface area contributed by atoms with Crippen LogP contribution in [0.4, 0.5) is 0 Å². The molecule has 0 saturated heterocycles. The van der Waals surface area contributed by atoms with Crippen molar-refractivity contribution in [3.63, 3.8) is 0 Å². The fourth-order valence-corrected chi connectivity index (χ4v) is 1.56. The van der Waals surface area contributed by atoms with Crippen LogP contribution in [0.2, 0.25) is 0 Å². The highest BCUT2D eigenvalue weighted by atomic mass is 35.5. The van der Waals surface area contributed by atoms with Gasteiger partial charge in [0.05, 0.1) is 11.2 Å². The predicted molar refractivity (Wildman–Crippen MR) is 64.9 cm³/mol. The van der Waals surface area contributed by atoms with E-state index in [-0.39, 0.29) is 0 Å². The smallest absolute Gasteiger partial charge is 0.196 e. The summed E-state index contributed by atoms with van der Waals surface area (Å²) < 4.78 is 2.03. The van der Waals surface area contributed by atoms with Gasteiger partial charge >= 0.3 is 0 Å². The molecule has 0 fully saturated rings. The Morgan fingerprint density at radius 1 is 1.31 bits per heavy atom. The minimum absolute atomic E-state index is 0.461. The van der Waals surface area contributed by atoms with Crippen molar-refractivity contribution >= 4 is 16.6 Å². The van der Waals surface area contributed by atoms with Gasteiger partial charge in [-0.25, -0.2) is 4.98 Å². The van der Waals surface area contributed by atoms with Crippen LogP contribution in [-0.2, 0) is 6.54 Å². The van der Waals surface area contributed by atoms with E-state index in [1.807, 2.05) is 35.2 Å². The van der Waals surface area contributed by atoms with Crippen molar-refractivity contribution in [1.82, 2.24) is 4.98 Å². The molecule has 2 aromatic rings. The number of benzene rings is 1. The van der Waals surface area contributed by atoms with Gasteiger partial charge in [0.15, 0.2) is 18.9 Å². The summed E-state index contributed by atoms with van der Waals surface area (Å²) in [5, 5.41) is 0.461. The van der Waals surface area contributed by atoms with Crippen LogP contribution in [0.25, 0.3) is 5.03 Å². The lowest BCUT2D eigenvalue weighted by Gasteiger charge is -1.99. The van der Waals surface area contributed by atoms with Crippen LogP contribution in [0.1, 0.15) is 11.3 Å². The standard InChI is InChI=1S/C13H12ClN2/c1-11(14)13-10-16(8-7-15-13)9-12-5-3-2-4-6-12/h2-8,10H,1,9H2/q+1. The summed E-state index contributed by atoms with van der Waals surface area (Å²) in [5.41, 5.74) is 1.95. The third-order valence-corrected chi connectivity index (χ3v) is 2.44. The molecule has 0 atom stereocenters. The molecule has 16 heavy (non-hydrogen) atoms. The Labute approximate surface area is 99.8 Å². The van der Waals surface area contributed by atoms with Crippen LogP contribution in [0.15, 0.2) is 55.5 Å². The topological polar surface area (TPSA) is 16.8 Å². The van der Waals surface area contributed by atoms with E-state index in [2.05, 4.69) is 23.7 Å². The quantitative estimate of drug-likeness (QED) is 0.743. The van der Waals surface area contributed by atoms with Gasteiger partial charge in [0, 0.05) is 5.56 Å². The highest BCUT2D eigenvalue weighted by Crippen LogP contribution is 2.10. The first-order valence-corrected chi connectivity index (χ1v) is 5.37. The lowest BCUT2D eigenvalue weighted by atomic mass is 10.2. The molecule has 0 N–H and O–H groups in total. The van der Waals surface area contributed by atoms with Crippen molar-refractivity contribution in [3.05, 3.63) is 66.8 Å². The molecule has 2 rings (SSSR count). The molecule has 1 aromatic heterocycles. The van der Waals surface area contributed by atoms with Crippen molar-refractivity contribution in [2.24, 2.45) is 0 Å². The highest BCUT2D eigenvalue weighted by Gasteiger charge is 2.06. The zero-order chi connectivity index (χ0) is 11.4. The summed E-state index contributed by atoms with van der Waals surface area (Å²) in [5.74, 6) is 0. The van der Waals surface area contributed by atoms with Gasteiger partial charge in [0.1, 0.15) is 5.69 Å². The van der Waals surface area contributed by atoms with Crippen molar-refractivity contribution < 1.29 is 4.57 Å². The maximum atomic E-state index is 5.81. The first-order chi connectivity index (χ1) is 7.75.